The highest BCUT2D eigenvalue weighted by atomic mass is 16.5. The summed E-state index contributed by atoms with van der Waals surface area (Å²) in [6, 6.07) is 7.64. The van der Waals surface area contributed by atoms with Crippen LogP contribution in [0.2, 0.25) is 0 Å². The van der Waals surface area contributed by atoms with E-state index in [1.807, 2.05) is 56.2 Å². The van der Waals surface area contributed by atoms with Crippen LogP contribution >= 0.6 is 0 Å². The Morgan fingerprint density at radius 1 is 1.17 bits per heavy atom. The highest BCUT2D eigenvalue weighted by Crippen LogP contribution is 2.20. The molecule has 23 heavy (non-hydrogen) atoms. The predicted molar refractivity (Wildman–Crippen MR) is 87.5 cm³/mol. The summed E-state index contributed by atoms with van der Waals surface area (Å²) in [5.74, 6) is 1.62. The van der Waals surface area contributed by atoms with Crippen LogP contribution in [-0.2, 0) is 13.6 Å². The Labute approximate surface area is 135 Å². The van der Waals surface area contributed by atoms with Crippen molar-refractivity contribution >= 4 is 0 Å². The molecule has 0 bridgehead atoms. The Hall–Kier alpha value is -2.76. The maximum atomic E-state index is 5.77. The standard InChI is InChI=1S/C17H20N4O2/c1-20-12-14(10-19-20)17-11-18-13-21(17)7-4-8-23-16-6-3-5-15(9-16)22-2/h3,5-6,9-13H,4,7-8H2,1-2H3. The van der Waals surface area contributed by atoms with Gasteiger partial charge in [0.2, 0.25) is 0 Å². The average Bonchev–Trinajstić information content (AvgIpc) is 3.20. The zero-order valence-electron chi connectivity index (χ0n) is 13.3. The van der Waals surface area contributed by atoms with Gasteiger partial charge in [-0.25, -0.2) is 4.98 Å². The Balaban J connectivity index is 1.54. The molecule has 6 heteroatoms. The molecule has 6 nitrogen and oxygen atoms in total. The van der Waals surface area contributed by atoms with Crippen molar-refractivity contribution in [2.24, 2.45) is 7.05 Å². The normalized spacial score (nSPS) is 10.7. The van der Waals surface area contributed by atoms with E-state index >= 15 is 0 Å². The van der Waals surface area contributed by atoms with Gasteiger partial charge in [-0.2, -0.15) is 5.10 Å². The van der Waals surface area contributed by atoms with Gasteiger partial charge in [0, 0.05) is 31.4 Å². The Morgan fingerprint density at radius 3 is 2.83 bits per heavy atom. The van der Waals surface area contributed by atoms with Crippen molar-refractivity contribution in [3.8, 4) is 22.8 Å². The lowest BCUT2D eigenvalue weighted by Gasteiger charge is -2.09. The molecule has 2 aromatic heterocycles. The number of nitrogens with zero attached hydrogens (tertiary/aromatic N) is 4. The number of methoxy groups -OCH3 is 1. The van der Waals surface area contributed by atoms with Gasteiger partial charge in [-0.3, -0.25) is 4.68 Å². The van der Waals surface area contributed by atoms with Crippen molar-refractivity contribution in [3.63, 3.8) is 0 Å². The molecule has 0 unspecified atom stereocenters. The summed E-state index contributed by atoms with van der Waals surface area (Å²) in [4.78, 5) is 4.24. The lowest BCUT2D eigenvalue weighted by Crippen LogP contribution is -2.05. The number of benzene rings is 1. The molecule has 0 N–H and O–H groups in total. The van der Waals surface area contributed by atoms with Crippen LogP contribution in [0.3, 0.4) is 0 Å². The molecule has 0 fully saturated rings. The zero-order valence-corrected chi connectivity index (χ0v) is 13.3. The highest BCUT2D eigenvalue weighted by Gasteiger charge is 2.07. The number of rotatable bonds is 7. The third-order valence-electron chi connectivity index (χ3n) is 3.57. The number of hydrogen-bond acceptors (Lipinski definition) is 4. The monoisotopic (exact) mass is 312 g/mol. The van der Waals surface area contributed by atoms with Crippen molar-refractivity contribution < 1.29 is 9.47 Å². The van der Waals surface area contributed by atoms with E-state index in [2.05, 4.69) is 14.6 Å². The lowest BCUT2D eigenvalue weighted by molar-refractivity contribution is 0.300. The fourth-order valence-corrected chi connectivity index (χ4v) is 2.41. The third kappa shape index (κ3) is 3.71. The van der Waals surface area contributed by atoms with E-state index in [9.17, 15) is 0 Å². The van der Waals surface area contributed by atoms with Crippen LogP contribution in [-0.4, -0.2) is 33.0 Å². The molecule has 0 spiro atoms. The SMILES string of the molecule is COc1cccc(OCCCn2cncc2-c2cnn(C)c2)c1. The van der Waals surface area contributed by atoms with Crippen LogP contribution < -0.4 is 9.47 Å². The first-order chi connectivity index (χ1) is 11.3. The molecule has 0 amide bonds. The first-order valence-corrected chi connectivity index (χ1v) is 7.52. The summed E-state index contributed by atoms with van der Waals surface area (Å²) in [7, 11) is 3.56. The Bertz CT molecular complexity index is 763. The largest absolute Gasteiger partial charge is 0.497 e. The number of ether oxygens (including phenoxy) is 2. The topological polar surface area (TPSA) is 54.1 Å². The molecular weight excluding hydrogens is 292 g/mol. The smallest absolute Gasteiger partial charge is 0.122 e. The van der Waals surface area contributed by atoms with E-state index in [4.69, 9.17) is 9.47 Å². The lowest BCUT2D eigenvalue weighted by atomic mass is 10.2. The van der Waals surface area contributed by atoms with Gasteiger partial charge < -0.3 is 14.0 Å². The van der Waals surface area contributed by atoms with E-state index < -0.39 is 0 Å². The van der Waals surface area contributed by atoms with Crippen LogP contribution in [0.15, 0.2) is 49.2 Å². The molecule has 3 rings (SSSR count). The summed E-state index contributed by atoms with van der Waals surface area (Å²) in [5, 5.41) is 4.21. The van der Waals surface area contributed by atoms with Gasteiger partial charge in [0.1, 0.15) is 11.5 Å². The van der Waals surface area contributed by atoms with E-state index in [1.165, 1.54) is 0 Å². The number of aromatic nitrogens is 4. The predicted octanol–water partition coefficient (Wildman–Crippen LogP) is 2.76. The van der Waals surface area contributed by atoms with Gasteiger partial charge in [0.25, 0.3) is 0 Å². The molecule has 2 heterocycles. The van der Waals surface area contributed by atoms with Crippen LogP contribution in [0.25, 0.3) is 11.3 Å². The van der Waals surface area contributed by atoms with E-state index in [1.54, 1.807) is 11.8 Å². The van der Waals surface area contributed by atoms with Crippen LogP contribution in [0.4, 0.5) is 0 Å². The molecule has 0 aliphatic carbocycles. The second-order valence-corrected chi connectivity index (χ2v) is 5.26. The maximum Gasteiger partial charge on any atom is 0.122 e. The third-order valence-corrected chi connectivity index (χ3v) is 3.57. The highest BCUT2D eigenvalue weighted by molar-refractivity contribution is 5.56. The molecule has 120 valence electrons. The van der Waals surface area contributed by atoms with Crippen LogP contribution in [0.5, 0.6) is 11.5 Å². The van der Waals surface area contributed by atoms with Crippen molar-refractivity contribution in [1.82, 2.24) is 19.3 Å². The summed E-state index contributed by atoms with van der Waals surface area (Å²) in [5.41, 5.74) is 2.14. The molecule has 0 aliphatic heterocycles. The van der Waals surface area contributed by atoms with E-state index in [-0.39, 0.29) is 0 Å². The first-order valence-electron chi connectivity index (χ1n) is 7.52. The van der Waals surface area contributed by atoms with Gasteiger partial charge in [-0.15, -0.1) is 0 Å². The average molecular weight is 312 g/mol. The van der Waals surface area contributed by atoms with Crippen molar-refractivity contribution in [2.75, 3.05) is 13.7 Å². The fraction of sp³-hybridized carbons (Fsp3) is 0.294. The minimum absolute atomic E-state index is 0.637. The minimum atomic E-state index is 0.637. The Morgan fingerprint density at radius 2 is 2.04 bits per heavy atom. The fourth-order valence-electron chi connectivity index (χ4n) is 2.41. The van der Waals surface area contributed by atoms with Crippen molar-refractivity contribution in [3.05, 3.63) is 49.2 Å². The quantitative estimate of drug-likeness (QED) is 0.630. The molecule has 0 radical (unpaired) electrons. The molecule has 0 atom stereocenters. The second-order valence-electron chi connectivity index (χ2n) is 5.26. The second kappa shape index (κ2) is 7.00. The zero-order chi connectivity index (χ0) is 16.1. The summed E-state index contributed by atoms with van der Waals surface area (Å²) in [6.45, 7) is 1.48. The summed E-state index contributed by atoms with van der Waals surface area (Å²) >= 11 is 0. The van der Waals surface area contributed by atoms with Gasteiger partial charge >= 0.3 is 0 Å². The minimum Gasteiger partial charge on any atom is -0.497 e. The van der Waals surface area contributed by atoms with Crippen molar-refractivity contribution in [1.29, 1.82) is 0 Å². The van der Waals surface area contributed by atoms with Crippen LogP contribution in [0.1, 0.15) is 6.42 Å². The van der Waals surface area contributed by atoms with Gasteiger partial charge in [-0.05, 0) is 18.6 Å². The molecule has 0 aliphatic rings. The van der Waals surface area contributed by atoms with E-state index in [0.717, 1.165) is 35.7 Å². The Kier molecular flexibility index (Phi) is 4.61. The molecule has 0 saturated heterocycles. The first kappa shape index (κ1) is 15.1. The van der Waals surface area contributed by atoms with Gasteiger partial charge in [0.05, 0.1) is 38.1 Å². The van der Waals surface area contributed by atoms with Gasteiger partial charge in [-0.1, -0.05) is 6.07 Å². The molecule has 0 saturated carbocycles. The van der Waals surface area contributed by atoms with Crippen molar-refractivity contribution in [2.45, 2.75) is 13.0 Å². The van der Waals surface area contributed by atoms with E-state index in [0.29, 0.717) is 6.61 Å². The molecular formula is C17H20N4O2. The number of hydrogen-bond donors (Lipinski definition) is 0. The molecule has 1 aromatic carbocycles. The van der Waals surface area contributed by atoms with Crippen LogP contribution in [0, 0.1) is 0 Å². The number of aryl methyl sites for hydroxylation is 2. The van der Waals surface area contributed by atoms with Gasteiger partial charge in [0.15, 0.2) is 0 Å². The summed E-state index contributed by atoms with van der Waals surface area (Å²) in [6.07, 6.45) is 8.43. The molecule has 3 aromatic rings. The maximum absolute atomic E-state index is 5.77. The number of imidazole rings is 1. The summed E-state index contributed by atoms with van der Waals surface area (Å²) < 4.78 is 14.9.